The first-order chi connectivity index (χ1) is 12.5. The Morgan fingerprint density at radius 3 is 2.65 bits per heavy atom. The molecule has 2 N–H and O–H groups in total. The van der Waals surface area contributed by atoms with Crippen molar-refractivity contribution >= 4 is 29.1 Å². The van der Waals surface area contributed by atoms with Gasteiger partial charge in [-0.1, -0.05) is 31.4 Å². The van der Waals surface area contributed by atoms with Crippen LogP contribution in [0.1, 0.15) is 47.0 Å². The minimum atomic E-state index is -0.353. The van der Waals surface area contributed by atoms with Crippen LogP contribution in [0, 0.1) is 0 Å². The molecule has 7 heteroatoms. The first-order valence-electron chi connectivity index (χ1n) is 8.44. The summed E-state index contributed by atoms with van der Waals surface area (Å²) in [6.45, 7) is 2.69. The number of rotatable bonds is 8. The zero-order valence-electron chi connectivity index (χ0n) is 14.8. The molecule has 1 aromatic carbocycles. The number of anilines is 1. The molecular formula is C19H22ClN3O3. The van der Waals surface area contributed by atoms with Crippen molar-refractivity contribution in [2.45, 2.75) is 26.2 Å². The highest BCUT2D eigenvalue weighted by atomic mass is 35.5. The van der Waals surface area contributed by atoms with Gasteiger partial charge in [0.25, 0.3) is 11.8 Å². The Hall–Kier alpha value is -2.60. The SMILES string of the molecule is CCCCCNC(=O)c1cc(C(=O)Nc2ccc(OC)c(Cl)c2)ccn1. The molecule has 0 radical (unpaired) electrons. The van der Waals surface area contributed by atoms with Crippen LogP contribution < -0.4 is 15.4 Å². The fourth-order valence-electron chi connectivity index (χ4n) is 2.31. The van der Waals surface area contributed by atoms with E-state index in [1.165, 1.54) is 19.4 Å². The van der Waals surface area contributed by atoms with E-state index in [-0.39, 0.29) is 17.5 Å². The highest BCUT2D eigenvalue weighted by molar-refractivity contribution is 6.32. The van der Waals surface area contributed by atoms with Gasteiger partial charge in [-0.05, 0) is 36.8 Å². The van der Waals surface area contributed by atoms with Gasteiger partial charge in [0.1, 0.15) is 11.4 Å². The molecule has 1 aromatic heterocycles. The standard InChI is InChI=1S/C19H22ClN3O3/c1-3-4-5-9-22-19(25)16-11-13(8-10-21-16)18(24)23-14-6-7-17(26-2)15(20)12-14/h6-8,10-12H,3-5,9H2,1-2H3,(H,22,25)(H,23,24). The molecule has 2 aromatic rings. The number of halogens is 1. The highest BCUT2D eigenvalue weighted by Crippen LogP contribution is 2.27. The van der Waals surface area contributed by atoms with Crippen molar-refractivity contribution < 1.29 is 14.3 Å². The summed E-state index contributed by atoms with van der Waals surface area (Å²) in [5.74, 6) is -0.118. The first-order valence-corrected chi connectivity index (χ1v) is 8.82. The minimum absolute atomic E-state index is 0.210. The Balaban J connectivity index is 2.03. The number of unbranched alkanes of at least 4 members (excludes halogenated alkanes) is 2. The molecule has 0 bridgehead atoms. The van der Waals surface area contributed by atoms with Crippen LogP contribution in [-0.4, -0.2) is 30.5 Å². The number of amides is 2. The summed E-state index contributed by atoms with van der Waals surface area (Å²) < 4.78 is 5.08. The van der Waals surface area contributed by atoms with Gasteiger partial charge in [0, 0.05) is 24.0 Å². The lowest BCUT2D eigenvalue weighted by molar-refractivity contribution is 0.0948. The van der Waals surface area contributed by atoms with E-state index in [0.29, 0.717) is 28.6 Å². The molecule has 0 aliphatic heterocycles. The number of carbonyl (C=O) groups is 2. The predicted octanol–water partition coefficient (Wildman–Crippen LogP) is 3.92. The number of nitrogens with one attached hydrogen (secondary N) is 2. The van der Waals surface area contributed by atoms with Crippen LogP contribution in [0.4, 0.5) is 5.69 Å². The van der Waals surface area contributed by atoms with Crippen LogP contribution in [0.3, 0.4) is 0 Å². The molecule has 0 unspecified atom stereocenters. The number of ether oxygens (including phenoxy) is 1. The molecule has 0 atom stereocenters. The number of pyridine rings is 1. The quantitative estimate of drug-likeness (QED) is 0.685. The molecule has 0 saturated heterocycles. The lowest BCUT2D eigenvalue weighted by Gasteiger charge is -2.09. The van der Waals surface area contributed by atoms with Gasteiger partial charge >= 0.3 is 0 Å². The van der Waals surface area contributed by atoms with Gasteiger partial charge in [0.05, 0.1) is 12.1 Å². The summed E-state index contributed by atoms with van der Waals surface area (Å²) in [4.78, 5) is 28.6. The topological polar surface area (TPSA) is 80.3 Å². The Morgan fingerprint density at radius 1 is 1.15 bits per heavy atom. The molecular weight excluding hydrogens is 354 g/mol. The first kappa shape index (κ1) is 19.7. The monoisotopic (exact) mass is 375 g/mol. The Kier molecular flexibility index (Phi) is 7.41. The van der Waals surface area contributed by atoms with Crippen LogP contribution in [0.5, 0.6) is 5.75 Å². The molecule has 138 valence electrons. The molecule has 0 fully saturated rings. The van der Waals surface area contributed by atoms with Gasteiger partial charge in [-0.3, -0.25) is 14.6 Å². The van der Waals surface area contributed by atoms with Crippen LogP contribution in [0.25, 0.3) is 0 Å². The normalized spacial score (nSPS) is 10.3. The van der Waals surface area contributed by atoms with E-state index in [0.717, 1.165) is 19.3 Å². The second-order valence-corrected chi connectivity index (χ2v) is 6.10. The van der Waals surface area contributed by atoms with Crippen molar-refractivity contribution in [3.63, 3.8) is 0 Å². The third kappa shape index (κ3) is 5.46. The number of carbonyl (C=O) groups excluding carboxylic acids is 2. The van der Waals surface area contributed by atoms with E-state index in [4.69, 9.17) is 16.3 Å². The Labute approximate surface area is 157 Å². The number of nitrogens with zero attached hydrogens (tertiary/aromatic N) is 1. The van der Waals surface area contributed by atoms with E-state index >= 15 is 0 Å². The second-order valence-electron chi connectivity index (χ2n) is 5.70. The maximum atomic E-state index is 12.4. The average molecular weight is 376 g/mol. The number of benzene rings is 1. The summed E-state index contributed by atoms with van der Waals surface area (Å²) in [6, 6.07) is 7.97. The van der Waals surface area contributed by atoms with Crippen LogP contribution in [-0.2, 0) is 0 Å². The van der Waals surface area contributed by atoms with Gasteiger partial charge in [-0.15, -0.1) is 0 Å². The predicted molar refractivity (Wildman–Crippen MR) is 102 cm³/mol. The zero-order valence-corrected chi connectivity index (χ0v) is 15.6. The summed E-state index contributed by atoms with van der Waals surface area (Å²) >= 11 is 6.06. The maximum Gasteiger partial charge on any atom is 0.269 e. The maximum absolute atomic E-state index is 12.4. The summed E-state index contributed by atoms with van der Waals surface area (Å²) in [5.41, 5.74) is 1.08. The fraction of sp³-hybridized carbons (Fsp3) is 0.316. The lowest BCUT2D eigenvalue weighted by atomic mass is 10.2. The van der Waals surface area contributed by atoms with Gasteiger partial charge in [0.2, 0.25) is 0 Å². The second kappa shape index (κ2) is 9.77. The van der Waals surface area contributed by atoms with Crippen molar-refractivity contribution in [2.75, 3.05) is 19.0 Å². The molecule has 2 amide bonds. The van der Waals surface area contributed by atoms with Crippen molar-refractivity contribution in [3.05, 3.63) is 52.8 Å². The molecule has 0 aliphatic rings. The van der Waals surface area contributed by atoms with Gasteiger partial charge in [-0.25, -0.2) is 0 Å². The number of hydrogen-bond acceptors (Lipinski definition) is 4. The average Bonchev–Trinajstić information content (AvgIpc) is 2.65. The number of aromatic nitrogens is 1. The van der Waals surface area contributed by atoms with E-state index in [1.54, 1.807) is 24.3 Å². The minimum Gasteiger partial charge on any atom is -0.495 e. The molecule has 26 heavy (non-hydrogen) atoms. The van der Waals surface area contributed by atoms with Crippen LogP contribution in [0.15, 0.2) is 36.5 Å². The lowest BCUT2D eigenvalue weighted by Crippen LogP contribution is -2.25. The zero-order chi connectivity index (χ0) is 18.9. The van der Waals surface area contributed by atoms with Gasteiger partial charge < -0.3 is 15.4 Å². The third-order valence-electron chi connectivity index (χ3n) is 3.73. The molecule has 2 rings (SSSR count). The Morgan fingerprint density at radius 2 is 1.96 bits per heavy atom. The van der Waals surface area contributed by atoms with E-state index in [9.17, 15) is 9.59 Å². The summed E-state index contributed by atoms with van der Waals surface area (Å²) in [6.07, 6.45) is 4.50. The molecule has 6 nitrogen and oxygen atoms in total. The summed E-state index contributed by atoms with van der Waals surface area (Å²) in [5, 5.41) is 5.94. The number of hydrogen-bond donors (Lipinski definition) is 2. The molecule has 0 saturated carbocycles. The van der Waals surface area contributed by atoms with Crippen molar-refractivity contribution in [2.24, 2.45) is 0 Å². The van der Waals surface area contributed by atoms with Gasteiger partial charge in [-0.2, -0.15) is 0 Å². The van der Waals surface area contributed by atoms with Crippen LogP contribution >= 0.6 is 11.6 Å². The van der Waals surface area contributed by atoms with Crippen molar-refractivity contribution in [1.82, 2.24) is 10.3 Å². The van der Waals surface area contributed by atoms with E-state index in [1.807, 2.05) is 0 Å². The highest BCUT2D eigenvalue weighted by Gasteiger charge is 2.12. The van der Waals surface area contributed by atoms with E-state index in [2.05, 4.69) is 22.5 Å². The molecule has 0 aliphatic carbocycles. The number of methoxy groups -OCH3 is 1. The van der Waals surface area contributed by atoms with Crippen molar-refractivity contribution in [1.29, 1.82) is 0 Å². The van der Waals surface area contributed by atoms with E-state index < -0.39 is 0 Å². The molecule has 0 spiro atoms. The fourth-order valence-corrected chi connectivity index (χ4v) is 2.57. The smallest absolute Gasteiger partial charge is 0.269 e. The largest absolute Gasteiger partial charge is 0.495 e. The van der Waals surface area contributed by atoms with Crippen LogP contribution in [0.2, 0.25) is 5.02 Å². The van der Waals surface area contributed by atoms with Gasteiger partial charge in [0.15, 0.2) is 0 Å². The Bertz CT molecular complexity index is 780. The summed E-state index contributed by atoms with van der Waals surface area (Å²) in [7, 11) is 1.52. The van der Waals surface area contributed by atoms with Crippen molar-refractivity contribution in [3.8, 4) is 5.75 Å². The third-order valence-corrected chi connectivity index (χ3v) is 4.03. The molecule has 1 heterocycles.